The molecule has 0 aliphatic rings. The van der Waals surface area contributed by atoms with Gasteiger partial charge in [-0.15, -0.1) is 0 Å². The summed E-state index contributed by atoms with van der Waals surface area (Å²) in [6, 6.07) is 4.95. The Bertz CT molecular complexity index is 724. The summed E-state index contributed by atoms with van der Waals surface area (Å²) in [6.45, 7) is 9.78. The Morgan fingerprint density at radius 3 is 1.72 bits per heavy atom. The number of carbonyl (C=O) groups is 1. The van der Waals surface area contributed by atoms with Crippen LogP contribution in [0.2, 0.25) is 0 Å². The Morgan fingerprint density at radius 1 is 1.00 bits per heavy atom. The molecule has 0 aliphatic carbocycles. The van der Waals surface area contributed by atoms with Gasteiger partial charge in [0.25, 0.3) is 0 Å². The van der Waals surface area contributed by atoms with Gasteiger partial charge in [-0.2, -0.15) is 8.78 Å². The highest BCUT2D eigenvalue weighted by molar-refractivity contribution is 7.86. The lowest BCUT2D eigenvalue weighted by Crippen LogP contribution is -2.34. The lowest BCUT2D eigenvalue weighted by Gasteiger charge is -2.26. The van der Waals surface area contributed by atoms with Crippen molar-refractivity contribution in [1.82, 2.24) is 0 Å². The summed E-state index contributed by atoms with van der Waals surface area (Å²) in [7, 11) is -5.90. The molecule has 0 fully saturated rings. The Morgan fingerprint density at radius 2 is 1.40 bits per heavy atom. The summed E-state index contributed by atoms with van der Waals surface area (Å²) >= 11 is 0. The maximum Gasteiger partial charge on any atom is 0.367 e. The highest BCUT2D eigenvalue weighted by Crippen LogP contribution is 2.31. The molecular weight excluding hydrogens is 354 g/mol. The van der Waals surface area contributed by atoms with Gasteiger partial charge in [-0.25, -0.2) is 13.2 Å². The normalized spacial score (nSPS) is 13.6. The molecule has 0 bridgehead atoms. The molecule has 142 valence electrons. The van der Waals surface area contributed by atoms with Gasteiger partial charge in [-0.1, -0.05) is 47.6 Å². The van der Waals surface area contributed by atoms with E-state index in [1.54, 1.807) is 0 Å². The largest absolute Gasteiger partial charge is 0.743 e. The van der Waals surface area contributed by atoms with E-state index in [9.17, 15) is 26.5 Å². The number of esters is 1. The van der Waals surface area contributed by atoms with E-state index in [1.165, 1.54) is 12.1 Å². The minimum atomic E-state index is -5.90. The fraction of sp³-hybridized carbons (Fsp3) is 0.588. The zero-order valence-electron chi connectivity index (χ0n) is 15.1. The molecule has 25 heavy (non-hydrogen) atoms. The molecule has 0 spiro atoms. The Labute approximate surface area is 147 Å². The molecular formula is C17H23F2O5S-. The lowest BCUT2D eigenvalue weighted by atomic mass is 9.79. The van der Waals surface area contributed by atoms with Crippen LogP contribution in [0.3, 0.4) is 0 Å². The highest BCUT2D eigenvalue weighted by Gasteiger charge is 2.39. The van der Waals surface area contributed by atoms with Crippen LogP contribution < -0.4 is 0 Å². The fourth-order valence-corrected chi connectivity index (χ4v) is 2.12. The second kappa shape index (κ2) is 6.64. The van der Waals surface area contributed by atoms with Crippen molar-refractivity contribution in [2.45, 2.75) is 57.6 Å². The summed E-state index contributed by atoms with van der Waals surface area (Å²) in [5, 5.41) is -4.67. The van der Waals surface area contributed by atoms with Crippen molar-refractivity contribution in [3.63, 3.8) is 0 Å². The molecule has 5 nitrogen and oxygen atoms in total. The number of rotatable bonds is 4. The van der Waals surface area contributed by atoms with Crippen LogP contribution in [0.25, 0.3) is 0 Å². The molecule has 0 aliphatic heterocycles. The Hall–Kier alpha value is -1.54. The van der Waals surface area contributed by atoms with Gasteiger partial charge in [0, 0.05) is 0 Å². The quantitative estimate of drug-likeness (QED) is 0.592. The van der Waals surface area contributed by atoms with E-state index < -0.39 is 27.9 Å². The van der Waals surface area contributed by atoms with Gasteiger partial charge in [0.2, 0.25) is 0 Å². The van der Waals surface area contributed by atoms with E-state index in [1.807, 2.05) is 47.6 Å². The minimum Gasteiger partial charge on any atom is -0.743 e. The topological polar surface area (TPSA) is 83.5 Å². The lowest BCUT2D eigenvalue weighted by molar-refractivity contribution is -0.00998. The molecule has 0 saturated carbocycles. The molecule has 1 rings (SSSR count). The molecule has 0 N–H and O–H groups in total. The SMILES string of the molecule is CC(C)(C)c1cc(C(=O)OCC(F)(F)S(=O)(=O)[O-])cc(C(C)(C)C)c1. The first-order valence-corrected chi connectivity index (χ1v) is 9.02. The Kier molecular flexibility index (Phi) is 5.71. The summed E-state index contributed by atoms with van der Waals surface area (Å²) in [4.78, 5) is 12.1. The van der Waals surface area contributed by atoms with Crippen LogP contribution in [0.15, 0.2) is 18.2 Å². The molecule has 0 saturated heterocycles. The van der Waals surface area contributed by atoms with Crippen molar-refractivity contribution >= 4 is 16.1 Å². The van der Waals surface area contributed by atoms with Crippen molar-refractivity contribution in [2.24, 2.45) is 0 Å². The number of benzene rings is 1. The maximum atomic E-state index is 13.2. The first kappa shape index (κ1) is 21.5. The van der Waals surface area contributed by atoms with Gasteiger partial charge in [0.1, 0.15) is 0 Å². The third-order valence-corrected chi connectivity index (χ3v) is 4.49. The van der Waals surface area contributed by atoms with Crippen LogP contribution in [0.5, 0.6) is 0 Å². The number of alkyl halides is 2. The first-order chi connectivity index (χ1) is 10.9. The molecule has 0 radical (unpaired) electrons. The molecule has 0 heterocycles. The van der Waals surface area contributed by atoms with Crippen LogP contribution >= 0.6 is 0 Å². The minimum absolute atomic E-state index is 0.0245. The van der Waals surface area contributed by atoms with E-state index in [2.05, 4.69) is 4.74 Å². The number of ether oxygens (including phenoxy) is 1. The van der Waals surface area contributed by atoms with Crippen molar-refractivity contribution in [3.8, 4) is 0 Å². The highest BCUT2D eigenvalue weighted by atomic mass is 32.2. The van der Waals surface area contributed by atoms with Gasteiger partial charge in [-0.3, -0.25) is 0 Å². The van der Waals surface area contributed by atoms with Crippen molar-refractivity contribution in [3.05, 3.63) is 34.9 Å². The van der Waals surface area contributed by atoms with Crippen molar-refractivity contribution < 1.29 is 31.3 Å². The average Bonchev–Trinajstić information content (AvgIpc) is 2.41. The summed E-state index contributed by atoms with van der Waals surface area (Å²) < 4.78 is 62.1. The smallest absolute Gasteiger partial charge is 0.367 e. The Balaban J connectivity index is 3.22. The molecule has 0 unspecified atom stereocenters. The molecule has 0 atom stereocenters. The molecule has 0 aromatic heterocycles. The fourth-order valence-electron chi connectivity index (χ4n) is 1.92. The average molecular weight is 377 g/mol. The van der Waals surface area contributed by atoms with Crippen LogP contribution in [0.4, 0.5) is 8.78 Å². The van der Waals surface area contributed by atoms with Crippen LogP contribution in [0, 0.1) is 0 Å². The number of halogens is 2. The second-order valence-electron chi connectivity index (χ2n) is 7.97. The first-order valence-electron chi connectivity index (χ1n) is 7.61. The number of carbonyl (C=O) groups excluding carboxylic acids is 1. The van der Waals surface area contributed by atoms with Crippen LogP contribution in [-0.4, -0.2) is 30.8 Å². The van der Waals surface area contributed by atoms with Crippen LogP contribution in [-0.2, 0) is 25.7 Å². The van der Waals surface area contributed by atoms with Crippen molar-refractivity contribution in [2.75, 3.05) is 6.61 Å². The summed E-state index contributed by atoms with van der Waals surface area (Å²) in [5.74, 6) is -1.11. The molecule has 0 amide bonds. The van der Waals surface area contributed by atoms with Crippen LogP contribution in [0.1, 0.15) is 63.0 Å². The standard InChI is InChI=1S/C17H24F2O5S/c1-15(2,3)12-7-11(8-13(9-12)16(4,5)6)14(20)24-10-17(18,19)25(21,22)23/h7-9H,10H2,1-6H3,(H,21,22,23)/p-1. The molecule has 1 aromatic carbocycles. The monoisotopic (exact) mass is 377 g/mol. The van der Waals surface area contributed by atoms with E-state index in [4.69, 9.17) is 0 Å². The number of hydrogen-bond donors (Lipinski definition) is 0. The van der Waals surface area contributed by atoms with Gasteiger partial charge in [-0.05, 0) is 34.1 Å². The summed E-state index contributed by atoms with van der Waals surface area (Å²) in [5.41, 5.74) is 1.01. The van der Waals surface area contributed by atoms with Crippen molar-refractivity contribution in [1.29, 1.82) is 0 Å². The summed E-state index contributed by atoms with van der Waals surface area (Å²) in [6.07, 6.45) is 0. The van der Waals surface area contributed by atoms with E-state index in [-0.39, 0.29) is 16.4 Å². The zero-order valence-corrected chi connectivity index (χ0v) is 16.0. The molecule has 1 aromatic rings. The predicted molar refractivity (Wildman–Crippen MR) is 88.8 cm³/mol. The van der Waals surface area contributed by atoms with Gasteiger partial charge in [0.05, 0.1) is 5.56 Å². The third kappa shape index (κ3) is 5.47. The predicted octanol–water partition coefficient (Wildman–Crippen LogP) is 3.58. The van der Waals surface area contributed by atoms with E-state index >= 15 is 0 Å². The van der Waals surface area contributed by atoms with E-state index in [0.29, 0.717) is 0 Å². The van der Waals surface area contributed by atoms with Gasteiger partial charge < -0.3 is 9.29 Å². The third-order valence-electron chi connectivity index (χ3n) is 3.64. The van der Waals surface area contributed by atoms with E-state index in [0.717, 1.165) is 11.1 Å². The maximum absolute atomic E-state index is 13.2. The number of hydrogen-bond acceptors (Lipinski definition) is 5. The zero-order chi connectivity index (χ0) is 19.8. The second-order valence-corrected chi connectivity index (χ2v) is 9.47. The molecule has 8 heteroatoms. The van der Waals surface area contributed by atoms with Gasteiger partial charge >= 0.3 is 11.2 Å². The van der Waals surface area contributed by atoms with Gasteiger partial charge in [0.15, 0.2) is 16.7 Å².